The summed E-state index contributed by atoms with van der Waals surface area (Å²) in [7, 11) is 2.35. The highest BCUT2D eigenvalue weighted by Gasteiger charge is 2.28. The van der Waals surface area contributed by atoms with Gasteiger partial charge in [0, 0.05) is 22.4 Å². The topological polar surface area (TPSA) is 115 Å². The van der Waals surface area contributed by atoms with Gasteiger partial charge in [-0.2, -0.15) is 0 Å². The van der Waals surface area contributed by atoms with Gasteiger partial charge in [0.25, 0.3) is 5.97 Å². The van der Waals surface area contributed by atoms with Gasteiger partial charge in [0.05, 0.1) is 7.11 Å². The molecule has 42 heavy (non-hydrogen) atoms. The molecular formula is C36H83O6+. The van der Waals surface area contributed by atoms with E-state index >= 15 is 0 Å². The first-order valence-electron chi connectivity index (χ1n) is 16.3. The molecule has 0 spiro atoms. The van der Waals surface area contributed by atoms with Crippen LogP contribution in [0.15, 0.2) is 0 Å². The van der Waals surface area contributed by atoms with Crippen molar-refractivity contribution in [2.75, 3.05) is 14.2 Å². The summed E-state index contributed by atoms with van der Waals surface area (Å²) in [6.07, 6.45) is 2.63. The third-order valence-electron chi connectivity index (χ3n) is 10.4. The quantitative estimate of drug-likeness (QED) is 0.213. The second-order valence-corrected chi connectivity index (χ2v) is 13.3. The molecule has 0 fully saturated rings. The summed E-state index contributed by atoms with van der Waals surface area (Å²) in [5, 5.41) is 14.4. The van der Waals surface area contributed by atoms with Crippen molar-refractivity contribution >= 4 is 11.9 Å². The number of carbonyl (C=O) groups is 2. The van der Waals surface area contributed by atoms with E-state index in [4.69, 9.17) is 15.0 Å². The van der Waals surface area contributed by atoms with E-state index in [9.17, 15) is 4.79 Å². The van der Waals surface area contributed by atoms with Gasteiger partial charge in [0.2, 0.25) is 0 Å². The Morgan fingerprint density at radius 3 is 0.857 bits per heavy atom. The summed E-state index contributed by atoms with van der Waals surface area (Å²) in [5.74, 6) is 9.03. The van der Waals surface area contributed by atoms with Crippen molar-refractivity contribution in [1.29, 1.82) is 0 Å². The number of ether oxygens (including phenoxy) is 1. The number of esters is 1. The van der Waals surface area contributed by atoms with Gasteiger partial charge >= 0.3 is 7.40 Å². The molecule has 0 aromatic rings. The molecule has 4 N–H and O–H groups in total. The van der Waals surface area contributed by atoms with Crippen molar-refractivity contribution in [2.24, 2.45) is 71.0 Å². The second kappa shape index (κ2) is 31.3. The summed E-state index contributed by atoms with van der Waals surface area (Å²) < 4.78 is 4.11. The molecule has 0 bridgehead atoms. The van der Waals surface area contributed by atoms with Gasteiger partial charge in [-0.15, -0.1) is 0 Å². The minimum Gasteiger partial charge on any atom is -0.481 e. The van der Waals surface area contributed by atoms with Crippen LogP contribution in [0.5, 0.6) is 0 Å². The number of aliphatic hydroxyl groups is 1. The number of rotatable bonds is 12. The van der Waals surface area contributed by atoms with Crippen LogP contribution in [-0.2, 0) is 14.3 Å². The van der Waals surface area contributed by atoms with E-state index in [-0.39, 0.29) is 14.3 Å². The van der Waals surface area contributed by atoms with Gasteiger partial charge in [-0.05, 0) is 71.0 Å². The number of aliphatic hydroxyl groups excluding tert-OH is 1. The van der Waals surface area contributed by atoms with Crippen molar-refractivity contribution in [3.05, 3.63) is 0 Å². The SMILES string of the molecule is CC(=O)O.CCC(C)C(C)C(C)C(C)C(C)C(C)C.CCC(C)C(C)C(C)C(C)C(C)C(C)C.CO.COC(C)=O.O.[2HH].[H+]. The van der Waals surface area contributed by atoms with Crippen LogP contribution in [0.25, 0.3) is 0 Å². The van der Waals surface area contributed by atoms with Crippen LogP contribution in [0.3, 0.4) is 0 Å². The lowest BCUT2D eigenvalue weighted by Gasteiger charge is -2.35. The van der Waals surface area contributed by atoms with E-state index in [2.05, 4.69) is 116 Å². The number of aliphatic carboxylic acids is 1. The van der Waals surface area contributed by atoms with Gasteiger partial charge in [-0.25, -0.2) is 0 Å². The zero-order chi connectivity index (χ0) is 34.2. The average molecular weight is 613 g/mol. The average Bonchev–Trinajstić information content (AvgIpc) is 2.93. The maximum absolute atomic E-state index is 9.59. The molecule has 0 rings (SSSR count). The summed E-state index contributed by atoms with van der Waals surface area (Å²) >= 11 is 0. The summed E-state index contributed by atoms with van der Waals surface area (Å²) in [6, 6.07) is 0. The molecule has 6 heteroatoms. The Hall–Kier alpha value is -1.14. The van der Waals surface area contributed by atoms with Crippen molar-refractivity contribution in [3.8, 4) is 0 Å². The number of carboxylic acids is 1. The summed E-state index contributed by atoms with van der Waals surface area (Å²) in [6.45, 7) is 40.7. The molecule has 0 aromatic carbocycles. The Labute approximate surface area is 267 Å². The Kier molecular flexibility index (Phi) is 39.8. The smallest absolute Gasteiger partial charge is 0.481 e. The molecule has 0 aliphatic heterocycles. The summed E-state index contributed by atoms with van der Waals surface area (Å²) in [5.41, 5.74) is 0. The van der Waals surface area contributed by atoms with E-state index in [0.29, 0.717) is 0 Å². The predicted molar refractivity (Wildman–Crippen MR) is 188 cm³/mol. The number of carboxylic acid groups (broad SMARTS) is 1. The van der Waals surface area contributed by atoms with E-state index in [0.717, 1.165) is 85.0 Å². The van der Waals surface area contributed by atoms with Crippen LogP contribution < -0.4 is 0 Å². The highest BCUT2D eigenvalue weighted by atomic mass is 16.5. The van der Waals surface area contributed by atoms with Crippen LogP contribution in [0.4, 0.5) is 0 Å². The lowest BCUT2D eigenvalue weighted by Crippen LogP contribution is -2.28. The third-order valence-corrected chi connectivity index (χ3v) is 10.4. The zero-order valence-electron chi connectivity index (χ0n) is 33.0. The van der Waals surface area contributed by atoms with Gasteiger partial charge < -0.3 is 20.4 Å². The zero-order valence-corrected chi connectivity index (χ0v) is 32.0. The molecule has 0 amide bonds. The largest absolute Gasteiger partial charge is 1.00 e. The number of carbonyl (C=O) groups excluding carboxylic acids is 1. The molecule has 0 aliphatic carbocycles. The van der Waals surface area contributed by atoms with E-state index in [1.54, 1.807) is 0 Å². The van der Waals surface area contributed by atoms with Crippen molar-refractivity contribution in [3.63, 3.8) is 0 Å². The molecular weight excluding hydrogens is 528 g/mol. The molecule has 262 valence electrons. The van der Waals surface area contributed by atoms with Crippen molar-refractivity contribution in [1.82, 2.24) is 0 Å². The maximum atomic E-state index is 9.59. The lowest BCUT2D eigenvalue weighted by molar-refractivity contribution is -0.138. The van der Waals surface area contributed by atoms with Gasteiger partial charge in [-0.1, -0.05) is 124 Å². The minimum absolute atomic E-state index is 0. The van der Waals surface area contributed by atoms with Crippen LogP contribution in [0, 0.1) is 71.0 Å². The van der Waals surface area contributed by atoms with Crippen molar-refractivity contribution < 1.29 is 32.9 Å². The predicted octanol–water partition coefficient (Wildman–Crippen LogP) is 9.88. The Morgan fingerprint density at radius 1 is 0.571 bits per heavy atom. The van der Waals surface area contributed by atoms with Crippen LogP contribution in [-0.4, -0.2) is 41.8 Å². The molecule has 0 aliphatic rings. The molecule has 0 radical (unpaired) electrons. The monoisotopic (exact) mass is 613 g/mol. The van der Waals surface area contributed by atoms with E-state index in [1.165, 1.54) is 26.9 Å². The normalized spacial score (nSPS) is 17.4. The molecule has 0 heterocycles. The van der Waals surface area contributed by atoms with E-state index in [1.807, 2.05) is 0 Å². The Morgan fingerprint density at radius 2 is 0.738 bits per heavy atom. The van der Waals surface area contributed by atoms with Gasteiger partial charge in [-0.3, -0.25) is 9.59 Å². The van der Waals surface area contributed by atoms with Crippen LogP contribution in [0.1, 0.15) is 140 Å². The fraction of sp³-hybridized carbons (Fsp3) is 0.944. The summed E-state index contributed by atoms with van der Waals surface area (Å²) in [4.78, 5) is 18.6. The Balaban J connectivity index is -0.0000000700. The molecule has 0 aromatic heterocycles. The second-order valence-electron chi connectivity index (χ2n) is 13.3. The maximum Gasteiger partial charge on any atom is 1.00 e. The third kappa shape index (κ3) is 27.7. The molecule has 0 saturated heterocycles. The van der Waals surface area contributed by atoms with Crippen LogP contribution in [0.2, 0.25) is 0 Å². The number of methoxy groups -OCH3 is 1. The number of hydrogen-bond acceptors (Lipinski definition) is 4. The standard InChI is InChI=1S/2C15H32.C3H6O2.C2H4O2.CH4O.H2O.H2/c2*1-9-11(4)13(6)15(8)14(7)12(5)10(2)3;1-3(4)5-2;1-2(3)4;1-2;;/h2*10-15H,9H2,1-8H3;1-2H3;1H3,(H,3,4);2H,1H3;1H2;1H/p+1/i;;;;;;1+1. The first kappa shape index (κ1) is 53.4. The Bertz CT molecular complexity index is 561. The first-order valence-corrected chi connectivity index (χ1v) is 16.3. The fourth-order valence-corrected chi connectivity index (χ4v) is 4.91. The van der Waals surface area contributed by atoms with Crippen LogP contribution >= 0.6 is 0 Å². The van der Waals surface area contributed by atoms with E-state index < -0.39 is 5.97 Å². The lowest BCUT2D eigenvalue weighted by atomic mass is 9.71. The molecule has 6 nitrogen and oxygen atoms in total. The van der Waals surface area contributed by atoms with Gasteiger partial charge in [0.1, 0.15) is 0 Å². The minimum atomic E-state index is -0.833. The first-order chi connectivity index (χ1) is 18.6. The fourth-order valence-electron chi connectivity index (χ4n) is 4.91. The highest BCUT2D eigenvalue weighted by molar-refractivity contribution is 5.65. The van der Waals surface area contributed by atoms with Gasteiger partial charge in [0.15, 0.2) is 0 Å². The van der Waals surface area contributed by atoms with Crippen molar-refractivity contribution in [2.45, 2.75) is 137 Å². The molecule has 0 saturated carbocycles. The highest BCUT2D eigenvalue weighted by Crippen LogP contribution is 2.36. The number of hydrogen-bond donors (Lipinski definition) is 2. The molecule has 10 atom stereocenters. The molecule has 10 unspecified atom stereocenters.